The first kappa shape index (κ1) is 14.5. The van der Waals surface area contributed by atoms with Crippen LogP contribution in [0.15, 0.2) is 0 Å². The minimum atomic E-state index is -4.12. The molecule has 1 heterocycles. The Hall–Kier alpha value is 0.0600. The van der Waals surface area contributed by atoms with Crippen molar-refractivity contribution >= 4 is 11.8 Å². The first-order chi connectivity index (χ1) is 8.32. The molecule has 0 aromatic carbocycles. The number of hydrogen-bond acceptors (Lipinski definition) is 3. The minimum absolute atomic E-state index is 0.0357. The van der Waals surface area contributed by atoms with Crippen LogP contribution in [0.3, 0.4) is 0 Å². The van der Waals surface area contributed by atoms with Gasteiger partial charge in [0, 0.05) is 36.3 Å². The van der Waals surface area contributed by atoms with E-state index in [-0.39, 0.29) is 35.1 Å². The fourth-order valence-corrected chi connectivity index (χ4v) is 3.77. The van der Waals surface area contributed by atoms with Gasteiger partial charge in [0.1, 0.15) is 0 Å². The molecule has 0 aromatic rings. The second kappa shape index (κ2) is 5.21. The summed E-state index contributed by atoms with van der Waals surface area (Å²) in [6.07, 6.45) is 2.46. The van der Waals surface area contributed by atoms with E-state index < -0.39 is 5.51 Å². The molecular weight excluding hydrogens is 263 g/mol. The van der Waals surface area contributed by atoms with E-state index in [9.17, 15) is 13.2 Å². The lowest BCUT2D eigenvalue weighted by Crippen LogP contribution is -2.69. The quantitative estimate of drug-likeness (QED) is 0.801. The van der Waals surface area contributed by atoms with Crippen molar-refractivity contribution in [1.82, 2.24) is 5.32 Å². The number of nitrogens with one attached hydrogen (secondary N) is 1. The summed E-state index contributed by atoms with van der Waals surface area (Å²) in [6, 6.07) is 0.289. The minimum Gasteiger partial charge on any atom is -0.377 e. The van der Waals surface area contributed by atoms with Crippen molar-refractivity contribution in [2.24, 2.45) is 11.3 Å². The number of hydrogen-bond donors (Lipinski definition) is 1. The molecule has 18 heavy (non-hydrogen) atoms. The third kappa shape index (κ3) is 2.96. The Morgan fingerprint density at radius 2 is 2.11 bits per heavy atom. The zero-order chi connectivity index (χ0) is 13.4. The molecule has 0 bridgehead atoms. The van der Waals surface area contributed by atoms with Crippen molar-refractivity contribution in [3.05, 3.63) is 0 Å². The first-order valence-corrected chi connectivity index (χ1v) is 7.36. The zero-order valence-corrected chi connectivity index (χ0v) is 11.5. The Bertz CT molecular complexity index is 296. The van der Waals surface area contributed by atoms with Crippen LogP contribution >= 0.6 is 11.8 Å². The first-order valence-electron chi connectivity index (χ1n) is 6.38. The highest BCUT2D eigenvalue weighted by atomic mass is 32.2. The highest BCUT2D eigenvalue weighted by Gasteiger charge is 2.57. The van der Waals surface area contributed by atoms with Crippen molar-refractivity contribution < 1.29 is 17.9 Å². The maximum atomic E-state index is 12.0. The Labute approximate surface area is 110 Å². The molecule has 3 unspecified atom stereocenters. The summed E-state index contributed by atoms with van der Waals surface area (Å²) >= 11 is 0.0459. The summed E-state index contributed by atoms with van der Waals surface area (Å²) in [5, 5.41) is 3.28. The molecule has 0 aromatic heterocycles. The van der Waals surface area contributed by atoms with Crippen molar-refractivity contribution in [3.8, 4) is 0 Å². The Kier molecular flexibility index (Phi) is 4.19. The molecule has 2 nitrogen and oxygen atoms in total. The summed E-state index contributed by atoms with van der Waals surface area (Å²) in [5.41, 5.74) is -4.08. The van der Waals surface area contributed by atoms with Gasteiger partial charge in [0.15, 0.2) is 0 Å². The SMILES string of the molecule is CC1(C)C(NCCSC(F)(F)F)C2CCCOC21. The molecule has 2 fully saturated rings. The summed E-state index contributed by atoms with van der Waals surface area (Å²) in [5.74, 6) is 0.554. The molecule has 0 amide bonds. The Morgan fingerprint density at radius 1 is 1.39 bits per heavy atom. The monoisotopic (exact) mass is 283 g/mol. The number of alkyl halides is 3. The van der Waals surface area contributed by atoms with Gasteiger partial charge in [0.2, 0.25) is 0 Å². The number of fused-ring (bicyclic) bond motifs is 1. The van der Waals surface area contributed by atoms with Crippen LogP contribution in [0.2, 0.25) is 0 Å². The number of ether oxygens (including phenoxy) is 1. The van der Waals surface area contributed by atoms with E-state index in [2.05, 4.69) is 19.2 Å². The summed E-state index contributed by atoms with van der Waals surface area (Å²) in [4.78, 5) is 0. The van der Waals surface area contributed by atoms with Gasteiger partial charge in [-0.3, -0.25) is 0 Å². The van der Waals surface area contributed by atoms with E-state index in [1.54, 1.807) is 0 Å². The van der Waals surface area contributed by atoms with Crippen molar-refractivity contribution in [2.75, 3.05) is 18.9 Å². The topological polar surface area (TPSA) is 21.3 Å². The molecule has 6 heteroatoms. The van der Waals surface area contributed by atoms with E-state index in [1.165, 1.54) is 0 Å². The molecule has 0 radical (unpaired) electrons. The summed E-state index contributed by atoms with van der Waals surface area (Å²) in [7, 11) is 0. The van der Waals surface area contributed by atoms with Gasteiger partial charge in [-0.2, -0.15) is 13.2 Å². The van der Waals surface area contributed by atoms with Gasteiger partial charge in [-0.25, -0.2) is 0 Å². The smallest absolute Gasteiger partial charge is 0.377 e. The lowest BCUT2D eigenvalue weighted by molar-refractivity contribution is -0.192. The van der Waals surface area contributed by atoms with Crippen LogP contribution in [-0.2, 0) is 4.74 Å². The lowest BCUT2D eigenvalue weighted by atomic mass is 9.55. The summed E-state index contributed by atoms with van der Waals surface area (Å²) in [6.45, 7) is 5.49. The lowest BCUT2D eigenvalue weighted by Gasteiger charge is -2.60. The maximum Gasteiger partial charge on any atom is 0.441 e. The largest absolute Gasteiger partial charge is 0.441 e. The molecule has 1 N–H and O–H groups in total. The van der Waals surface area contributed by atoms with Crippen LogP contribution in [0.4, 0.5) is 13.2 Å². The normalized spacial score (nSPS) is 34.8. The molecule has 0 spiro atoms. The van der Waals surface area contributed by atoms with Gasteiger partial charge in [0.25, 0.3) is 0 Å². The second-order valence-electron chi connectivity index (χ2n) is 5.64. The van der Waals surface area contributed by atoms with Crippen molar-refractivity contribution in [1.29, 1.82) is 0 Å². The number of thioether (sulfide) groups is 1. The highest BCUT2D eigenvalue weighted by molar-refractivity contribution is 8.00. The van der Waals surface area contributed by atoms with E-state index >= 15 is 0 Å². The fraction of sp³-hybridized carbons (Fsp3) is 1.00. The van der Waals surface area contributed by atoms with Gasteiger partial charge in [-0.1, -0.05) is 13.8 Å². The third-order valence-electron chi connectivity index (χ3n) is 4.06. The Balaban J connectivity index is 1.76. The number of halogens is 3. The van der Waals surface area contributed by atoms with E-state index in [4.69, 9.17) is 4.74 Å². The molecule has 2 aliphatic rings. The maximum absolute atomic E-state index is 12.0. The van der Waals surface area contributed by atoms with Gasteiger partial charge in [-0.05, 0) is 24.6 Å². The fourth-order valence-electron chi connectivity index (χ4n) is 3.32. The molecule has 2 rings (SSSR count). The Morgan fingerprint density at radius 3 is 2.78 bits per heavy atom. The molecule has 106 valence electrons. The van der Waals surface area contributed by atoms with Crippen LogP contribution in [-0.4, -0.2) is 36.6 Å². The molecule has 1 aliphatic heterocycles. The molecule has 3 atom stereocenters. The van der Waals surface area contributed by atoms with E-state index in [1.807, 2.05) is 0 Å². The molecule has 1 aliphatic carbocycles. The van der Waals surface area contributed by atoms with Crippen molar-refractivity contribution in [2.45, 2.75) is 44.3 Å². The van der Waals surface area contributed by atoms with E-state index in [0.717, 1.165) is 19.4 Å². The van der Waals surface area contributed by atoms with Crippen LogP contribution < -0.4 is 5.32 Å². The van der Waals surface area contributed by atoms with Gasteiger partial charge in [-0.15, -0.1) is 0 Å². The van der Waals surface area contributed by atoms with Gasteiger partial charge in [0.05, 0.1) is 6.10 Å². The average molecular weight is 283 g/mol. The van der Waals surface area contributed by atoms with E-state index in [0.29, 0.717) is 12.5 Å². The predicted molar refractivity (Wildman–Crippen MR) is 66.5 cm³/mol. The third-order valence-corrected chi connectivity index (χ3v) is 4.80. The van der Waals surface area contributed by atoms with Crippen molar-refractivity contribution in [3.63, 3.8) is 0 Å². The highest BCUT2D eigenvalue weighted by Crippen LogP contribution is 2.51. The van der Waals surface area contributed by atoms with Crippen LogP contribution in [0.5, 0.6) is 0 Å². The van der Waals surface area contributed by atoms with Gasteiger partial charge >= 0.3 is 5.51 Å². The van der Waals surface area contributed by atoms with Crippen LogP contribution in [0.1, 0.15) is 26.7 Å². The van der Waals surface area contributed by atoms with Gasteiger partial charge < -0.3 is 10.1 Å². The summed E-state index contributed by atoms with van der Waals surface area (Å²) < 4.78 is 41.8. The number of rotatable bonds is 4. The zero-order valence-electron chi connectivity index (χ0n) is 10.7. The van der Waals surface area contributed by atoms with Crippen LogP contribution in [0.25, 0.3) is 0 Å². The van der Waals surface area contributed by atoms with Crippen LogP contribution in [0, 0.1) is 11.3 Å². The molecular formula is C12H20F3NOS. The second-order valence-corrected chi connectivity index (χ2v) is 6.80. The molecule has 1 saturated carbocycles. The standard InChI is InChI=1S/C12H20F3NOS/c1-11(2)9(8-4-3-6-17-10(8)11)16-5-7-18-12(13,14)15/h8-10,16H,3-7H2,1-2H3. The average Bonchev–Trinajstić information content (AvgIpc) is 2.27. The predicted octanol–water partition coefficient (Wildman–Crippen LogP) is 3.03. The molecule has 1 saturated heterocycles.